The summed E-state index contributed by atoms with van der Waals surface area (Å²) in [5.74, 6) is 0.978. The summed E-state index contributed by atoms with van der Waals surface area (Å²) >= 11 is 3.53. The summed E-state index contributed by atoms with van der Waals surface area (Å²) in [6, 6.07) is 4.18. The molecule has 0 aliphatic rings. The van der Waals surface area contributed by atoms with Crippen molar-refractivity contribution in [3.63, 3.8) is 0 Å². The van der Waals surface area contributed by atoms with Gasteiger partial charge in [-0.25, -0.2) is 0 Å². The van der Waals surface area contributed by atoms with E-state index in [9.17, 15) is 0 Å². The zero-order chi connectivity index (χ0) is 14.5. The normalized spacial score (nSPS) is 10.8. The molecule has 0 aliphatic heterocycles. The number of ether oxygens (including phenoxy) is 1. The zero-order valence-electron chi connectivity index (χ0n) is 12.1. The number of nitrogens with one attached hydrogen (secondary N) is 1. The molecular formula is C15H20BrN3O. The summed E-state index contributed by atoms with van der Waals surface area (Å²) in [6.45, 7) is 3.52. The van der Waals surface area contributed by atoms with Crippen LogP contribution < -0.4 is 10.1 Å². The van der Waals surface area contributed by atoms with Crippen LogP contribution in [0.2, 0.25) is 0 Å². The largest absolute Gasteiger partial charge is 0.493 e. The number of hydrogen-bond acceptors (Lipinski definition) is 3. The van der Waals surface area contributed by atoms with Gasteiger partial charge in [-0.1, -0.05) is 15.9 Å². The second-order valence-electron chi connectivity index (χ2n) is 4.86. The number of nitrogens with zero attached hydrogens (tertiary/aromatic N) is 2. The highest BCUT2D eigenvalue weighted by Gasteiger charge is 2.09. The predicted octanol–water partition coefficient (Wildman–Crippen LogP) is 2.83. The van der Waals surface area contributed by atoms with E-state index < -0.39 is 0 Å². The molecule has 0 spiro atoms. The second kappa shape index (κ2) is 6.90. The van der Waals surface area contributed by atoms with Crippen molar-refractivity contribution >= 4 is 15.9 Å². The summed E-state index contributed by atoms with van der Waals surface area (Å²) in [6.07, 6.45) is 4.76. The molecule has 2 aromatic rings. The molecule has 0 bridgehead atoms. The van der Waals surface area contributed by atoms with E-state index in [1.165, 1.54) is 11.1 Å². The van der Waals surface area contributed by atoms with Crippen LogP contribution in [0.4, 0.5) is 0 Å². The van der Waals surface area contributed by atoms with Crippen LogP contribution in [-0.2, 0) is 20.0 Å². The standard InChI is InChI=1S/C15H20BrN3O/c1-11-6-14(16)7-13(9-17-2)15(11)20-5-4-12-8-18-19(3)10-12/h6-8,10,17H,4-5,9H2,1-3H3. The van der Waals surface area contributed by atoms with Gasteiger partial charge in [-0.05, 0) is 37.2 Å². The van der Waals surface area contributed by atoms with Crippen LogP contribution in [0.15, 0.2) is 29.0 Å². The van der Waals surface area contributed by atoms with Crippen LogP contribution in [0.3, 0.4) is 0 Å². The lowest BCUT2D eigenvalue weighted by molar-refractivity contribution is 0.315. The van der Waals surface area contributed by atoms with Crippen molar-refractivity contribution in [2.45, 2.75) is 19.9 Å². The summed E-state index contributed by atoms with van der Waals surface area (Å²) in [5.41, 5.74) is 3.51. The van der Waals surface area contributed by atoms with Gasteiger partial charge in [0.2, 0.25) is 0 Å². The van der Waals surface area contributed by atoms with Crippen LogP contribution in [0.5, 0.6) is 5.75 Å². The van der Waals surface area contributed by atoms with Gasteiger partial charge < -0.3 is 10.1 Å². The molecule has 0 saturated carbocycles. The highest BCUT2D eigenvalue weighted by Crippen LogP contribution is 2.28. The Hall–Kier alpha value is -1.33. The highest BCUT2D eigenvalue weighted by atomic mass is 79.9. The number of halogens is 1. The Kier molecular flexibility index (Phi) is 5.20. The Labute approximate surface area is 128 Å². The lowest BCUT2D eigenvalue weighted by atomic mass is 10.1. The molecule has 0 atom stereocenters. The van der Waals surface area contributed by atoms with Crippen LogP contribution in [0.25, 0.3) is 0 Å². The maximum Gasteiger partial charge on any atom is 0.126 e. The van der Waals surface area contributed by atoms with E-state index in [1.807, 2.05) is 31.2 Å². The molecule has 20 heavy (non-hydrogen) atoms. The van der Waals surface area contributed by atoms with E-state index in [-0.39, 0.29) is 0 Å². The monoisotopic (exact) mass is 337 g/mol. The van der Waals surface area contributed by atoms with Crippen LogP contribution >= 0.6 is 15.9 Å². The Bertz CT molecular complexity index is 580. The van der Waals surface area contributed by atoms with Crippen molar-refractivity contribution < 1.29 is 4.74 Å². The third-order valence-corrected chi connectivity index (χ3v) is 3.54. The maximum atomic E-state index is 5.99. The van der Waals surface area contributed by atoms with Gasteiger partial charge in [-0.3, -0.25) is 4.68 Å². The molecule has 0 radical (unpaired) electrons. The molecule has 108 valence electrons. The minimum absolute atomic E-state index is 0.658. The quantitative estimate of drug-likeness (QED) is 0.880. The van der Waals surface area contributed by atoms with Crippen molar-refractivity contribution in [2.75, 3.05) is 13.7 Å². The molecule has 1 heterocycles. The molecule has 2 rings (SSSR count). The first-order chi connectivity index (χ1) is 9.60. The first kappa shape index (κ1) is 15.1. The van der Waals surface area contributed by atoms with Crippen LogP contribution in [-0.4, -0.2) is 23.4 Å². The third kappa shape index (κ3) is 3.84. The molecule has 0 saturated heterocycles. The van der Waals surface area contributed by atoms with Gasteiger partial charge >= 0.3 is 0 Å². The lowest BCUT2D eigenvalue weighted by Crippen LogP contribution is -2.10. The van der Waals surface area contributed by atoms with Gasteiger partial charge in [-0.2, -0.15) is 5.10 Å². The second-order valence-corrected chi connectivity index (χ2v) is 5.78. The summed E-state index contributed by atoms with van der Waals surface area (Å²) in [7, 11) is 3.86. The average Bonchev–Trinajstić information content (AvgIpc) is 2.78. The SMILES string of the molecule is CNCc1cc(Br)cc(C)c1OCCc1cnn(C)c1. The fraction of sp³-hybridized carbons (Fsp3) is 0.400. The topological polar surface area (TPSA) is 39.1 Å². The number of aryl methyl sites for hydroxylation is 2. The summed E-state index contributed by atoms with van der Waals surface area (Å²) < 4.78 is 8.89. The molecule has 1 N–H and O–H groups in total. The molecule has 0 aliphatic carbocycles. The molecule has 0 unspecified atom stereocenters. The van der Waals surface area contributed by atoms with E-state index in [0.717, 1.165) is 28.8 Å². The van der Waals surface area contributed by atoms with Gasteiger partial charge in [0, 0.05) is 36.2 Å². The minimum atomic E-state index is 0.658. The number of hydrogen-bond donors (Lipinski definition) is 1. The van der Waals surface area contributed by atoms with Crippen molar-refractivity contribution in [1.29, 1.82) is 0 Å². The molecule has 0 fully saturated rings. The van der Waals surface area contributed by atoms with E-state index in [1.54, 1.807) is 0 Å². The Morgan fingerprint density at radius 1 is 1.40 bits per heavy atom. The Morgan fingerprint density at radius 2 is 2.20 bits per heavy atom. The van der Waals surface area contributed by atoms with Gasteiger partial charge in [-0.15, -0.1) is 0 Å². The average molecular weight is 338 g/mol. The molecule has 5 heteroatoms. The lowest BCUT2D eigenvalue weighted by Gasteiger charge is -2.14. The van der Waals surface area contributed by atoms with Crippen molar-refractivity contribution in [3.8, 4) is 5.75 Å². The molecule has 1 aromatic carbocycles. The summed E-state index contributed by atoms with van der Waals surface area (Å²) in [5, 5.41) is 7.34. The highest BCUT2D eigenvalue weighted by molar-refractivity contribution is 9.10. The van der Waals surface area contributed by atoms with Crippen LogP contribution in [0, 0.1) is 6.92 Å². The van der Waals surface area contributed by atoms with E-state index in [0.29, 0.717) is 6.61 Å². The van der Waals surface area contributed by atoms with Crippen molar-refractivity contribution in [2.24, 2.45) is 7.05 Å². The Morgan fingerprint density at radius 3 is 2.85 bits per heavy atom. The number of benzene rings is 1. The first-order valence-electron chi connectivity index (χ1n) is 6.64. The molecule has 4 nitrogen and oxygen atoms in total. The van der Waals surface area contributed by atoms with E-state index in [4.69, 9.17) is 4.74 Å². The smallest absolute Gasteiger partial charge is 0.126 e. The van der Waals surface area contributed by atoms with Gasteiger partial charge in [0.1, 0.15) is 5.75 Å². The van der Waals surface area contributed by atoms with Crippen molar-refractivity contribution in [1.82, 2.24) is 15.1 Å². The molecule has 0 amide bonds. The minimum Gasteiger partial charge on any atom is -0.493 e. The predicted molar refractivity (Wildman–Crippen MR) is 84.0 cm³/mol. The number of rotatable bonds is 6. The van der Waals surface area contributed by atoms with E-state index in [2.05, 4.69) is 45.4 Å². The van der Waals surface area contributed by atoms with Crippen LogP contribution in [0.1, 0.15) is 16.7 Å². The molecule has 1 aromatic heterocycles. The maximum absolute atomic E-state index is 5.99. The van der Waals surface area contributed by atoms with Gasteiger partial charge in [0.25, 0.3) is 0 Å². The Balaban J connectivity index is 2.04. The fourth-order valence-electron chi connectivity index (χ4n) is 2.20. The van der Waals surface area contributed by atoms with Gasteiger partial charge in [0.05, 0.1) is 12.8 Å². The van der Waals surface area contributed by atoms with E-state index >= 15 is 0 Å². The third-order valence-electron chi connectivity index (χ3n) is 3.08. The van der Waals surface area contributed by atoms with Gasteiger partial charge in [0.15, 0.2) is 0 Å². The summed E-state index contributed by atoms with van der Waals surface area (Å²) in [4.78, 5) is 0. The molecular weight excluding hydrogens is 318 g/mol. The fourth-order valence-corrected chi connectivity index (χ4v) is 2.82. The number of aromatic nitrogens is 2. The first-order valence-corrected chi connectivity index (χ1v) is 7.43. The van der Waals surface area contributed by atoms with Crippen molar-refractivity contribution in [3.05, 3.63) is 45.7 Å². The zero-order valence-corrected chi connectivity index (χ0v) is 13.7.